The molecule has 0 aromatic heterocycles. The lowest BCUT2D eigenvalue weighted by atomic mass is 9.72. The van der Waals surface area contributed by atoms with Crippen molar-refractivity contribution in [2.24, 2.45) is 17.8 Å². The molecule has 1 aliphatic rings. The molecule has 1 fully saturated rings. The number of ether oxygens (including phenoxy) is 1. The average Bonchev–Trinajstić information content (AvgIpc) is 2.28. The Hall–Kier alpha value is -1.32. The number of carbonyl (C=O) groups is 2. The standard InChI is InChI=1S/C12H18O4/c1-3-8-9(11(13)14)6-5-7-10(8)12(15)16-4-2/h3,8-10H,1,4-7H2,2H3,(H,13,14)/t8-,9-,10+/m0/s1. The number of hydrogen-bond donors (Lipinski definition) is 1. The molecular formula is C12H18O4. The lowest BCUT2D eigenvalue weighted by Crippen LogP contribution is -2.37. The van der Waals surface area contributed by atoms with Gasteiger partial charge in [-0.1, -0.05) is 12.5 Å². The molecule has 4 heteroatoms. The quantitative estimate of drug-likeness (QED) is 0.587. The topological polar surface area (TPSA) is 63.6 Å². The Kier molecular flexibility index (Phi) is 4.52. The fourth-order valence-corrected chi connectivity index (χ4v) is 2.36. The number of aliphatic carboxylic acids is 1. The number of carbonyl (C=O) groups excluding carboxylic acids is 1. The summed E-state index contributed by atoms with van der Waals surface area (Å²) >= 11 is 0. The summed E-state index contributed by atoms with van der Waals surface area (Å²) in [6.07, 6.45) is 3.64. The number of esters is 1. The molecule has 1 rings (SSSR count). The molecule has 0 aliphatic heterocycles. The molecule has 0 heterocycles. The van der Waals surface area contributed by atoms with E-state index in [-0.39, 0.29) is 17.8 Å². The van der Waals surface area contributed by atoms with Gasteiger partial charge in [-0.15, -0.1) is 6.58 Å². The summed E-state index contributed by atoms with van der Waals surface area (Å²) < 4.78 is 4.96. The first-order chi connectivity index (χ1) is 7.61. The zero-order valence-corrected chi connectivity index (χ0v) is 9.52. The van der Waals surface area contributed by atoms with Crippen molar-refractivity contribution in [1.82, 2.24) is 0 Å². The van der Waals surface area contributed by atoms with Crippen LogP contribution in [0.4, 0.5) is 0 Å². The Morgan fingerprint density at radius 1 is 1.44 bits per heavy atom. The normalized spacial score (nSPS) is 29.4. The predicted octanol–water partition coefficient (Wildman–Crippen LogP) is 1.85. The average molecular weight is 226 g/mol. The highest BCUT2D eigenvalue weighted by molar-refractivity contribution is 5.76. The zero-order chi connectivity index (χ0) is 12.1. The molecule has 0 unspecified atom stereocenters. The highest BCUT2D eigenvalue weighted by atomic mass is 16.5. The van der Waals surface area contributed by atoms with Crippen molar-refractivity contribution in [2.75, 3.05) is 6.61 Å². The van der Waals surface area contributed by atoms with Gasteiger partial charge in [-0.2, -0.15) is 0 Å². The maximum Gasteiger partial charge on any atom is 0.309 e. The van der Waals surface area contributed by atoms with Gasteiger partial charge in [-0.25, -0.2) is 0 Å². The molecule has 0 radical (unpaired) electrons. The van der Waals surface area contributed by atoms with Gasteiger partial charge in [-0.3, -0.25) is 9.59 Å². The maximum atomic E-state index is 11.7. The Morgan fingerprint density at radius 3 is 2.56 bits per heavy atom. The van der Waals surface area contributed by atoms with Crippen LogP contribution in [0.1, 0.15) is 26.2 Å². The van der Waals surface area contributed by atoms with Crippen LogP contribution in [0.5, 0.6) is 0 Å². The van der Waals surface area contributed by atoms with Gasteiger partial charge in [0.2, 0.25) is 0 Å². The van der Waals surface area contributed by atoms with Crippen LogP contribution in [0.25, 0.3) is 0 Å². The minimum absolute atomic E-state index is 0.293. The SMILES string of the molecule is C=C[C@H]1[C@@H](C(=O)O)CCC[C@H]1C(=O)OCC. The summed E-state index contributed by atoms with van der Waals surface area (Å²) in [5.41, 5.74) is 0. The van der Waals surface area contributed by atoms with Crippen molar-refractivity contribution < 1.29 is 19.4 Å². The first kappa shape index (κ1) is 12.7. The van der Waals surface area contributed by atoms with Gasteiger partial charge in [0.05, 0.1) is 18.4 Å². The molecule has 90 valence electrons. The Bertz CT molecular complexity index is 285. The van der Waals surface area contributed by atoms with Crippen LogP contribution in [0.15, 0.2) is 12.7 Å². The lowest BCUT2D eigenvalue weighted by Gasteiger charge is -2.32. The van der Waals surface area contributed by atoms with E-state index in [4.69, 9.17) is 9.84 Å². The van der Waals surface area contributed by atoms with Crippen LogP contribution in [0, 0.1) is 17.8 Å². The van der Waals surface area contributed by atoms with Crippen LogP contribution in [-0.4, -0.2) is 23.7 Å². The van der Waals surface area contributed by atoms with Crippen LogP contribution in [-0.2, 0) is 14.3 Å². The molecule has 0 saturated heterocycles. The molecule has 1 aliphatic carbocycles. The lowest BCUT2D eigenvalue weighted by molar-refractivity contribution is -0.154. The molecule has 3 atom stereocenters. The Balaban J connectivity index is 2.79. The van der Waals surface area contributed by atoms with E-state index >= 15 is 0 Å². The third-order valence-electron chi connectivity index (χ3n) is 3.14. The summed E-state index contributed by atoms with van der Waals surface area (Å²) in [7, 11) is 0. The minimum atomic E-state index is -0.848. The van der Waals surface area contributed by atoms with Crippen LogP contribution in [0.3, 0.4) is 0 Å². The van der Waals surface area contributed by atoms with Gasteiger partial charge in [0.15, 0.2) is 0 Å². The molecule has 0 spiro atoms. The summed E-state index contributed by atoms with van der Waals surface area (Å²) in [5, 5.41) is 9.07. The second-order valence-electron chi connectivity index (χ2n) is 4.05. The van der Waals surface area contributed by atoms with Crippen molar-refractivity contribution in [3.63, 3.8) is 0 Å². The third kappa shape index (κ3) is 2.62. The zero-order valence-electron chi connectivity index (χ0n) is 9.52. The number of rotatable bonds is 4. The monoisotopic (exact) mass is 226 g/mol. The van der Waals surface area contributed by atoms with Gasteiger partial charge in [-0.05, 0) is 19.8 Å². The summed E-state index contributed by atoms with van der Waals surface area (Å²) in [6, 6.07) is 0. The second-order valence-corrected chi connectivity index (χ2v) is 4.05. The highest BCUT2D eigenvalue weighted by Gasteiger charge is 2.39. The minimum Gasteiger partial charge on any atom is -0.481 e. The first-order valence-electron chi connectivity index (χ1n) is 5.63. The van der Waals surface area contributed by atoms with Crippen molar-refractivity contribution >= 4 is 11.9 Å². The van der Waals surface area contributed by atoms with Gasteiger partial charge in [0.1, 0.15) is 0 Å². The molecule has 16 heavy (non-hydrogen) atoms. The number of carboxylic acids is 1. The second kappa shape index (κ2) is 5.68. The van der Waals surface area contributed by atoms with Crippen molar-refractivity contribution in [2.45, 2.75) is 26.2 Å². The number of carboxylic acid groups (broad SMARTS) is 1. The van der Waals surface area contributed by atoms with E-state index in [0.29, 0.717) is 19.4 Å². The summed E-state index contributed by atoms with van der Waals surface area (Å²) in [4.78, 5) is 22.7. The van der Waals surface area contributed by atoms with E-state index in [1.165, 1.54) is 0 Å². The highest BCUT2D eigenvalue weighted by Crippen LogP contribution is 2.36. The first-order valence-corrected chi connectivity index (χ1v) is 5.63. The Morgan fingerprint density at radius 2 is 2.06 bits per heavy atom. The Labute approximate surface area is 95.3 Å². The van der Waals surface area contributed by atoms with E-state index in [2.05, 4.69) is 6.58 Å². The summed E-state index contributed by atoms with van der Waals surface area (Å²) in [6.45, 7) is 5.72. The molecular weight excluding hydrogens is 208 g/mol. The number of allylic oxidation sites excluding steroid dienone is 1. The van der Waals surface area contributed by atoms with Crippen LogP contribution in [0.2, 0.25) is 0 Å². The molecule has 0 amide bonds. The van der Waals surface area contributed by atoms with Crippen molar-refractivity contribution in [3.05, 3.63) is 12.7 Å². The van der Waals surface area contributed by atoms with E-state index < -0.39 is 11.9 Å². The molecule has 0 aromatic carbocycles. The molecule has 0 bridgehead atoms. The fraction of sp³-hybridized carbons (Fsp3) is 0.667. The predicted molar refractivity (Wildman–Crippen MR) is 58.8 cm³/mol. The van der Waals surface area contributed by atoms with E-state index in [1.54, 1.807) is 13.0 Å². The van der Waals surface area contributed by atoms with Crippen molar-refractivity contribution in [1.29, 1.82) is 0 Å². The van der Waals surface area contributed by atoms with Gasteiger partial charge in [0, 0.05) is 5.92 Å². The maximum absolute atomic E-state index is 11.7. The van der Waals surface area contributed by atoms with Gasteiger partial charge < -0.3 is 9.84 Å². The van der Waals surface area contributed by atoms with E-state index in [9.17, 15) is 9.59 Å². The van der Waals surface area contributed by atoms with Crippen LogP contribution >= 0.6 is 0 Å². The molecule has 1 N–H and O–H groups in total. The largest absolute Gasteiger partial charge is 0.481 e. The van der Waals surface area contributed by atoms with Gasteiger partial charge in [0.25, 0.3) is 0 Å². The number of hydrogen-bond acceptors (Lipinski definition) is 3. The van der Waals surface area contributed by atoms with Crippen LogP contribution < -0.4 is 0 Å². The van der Waals surface area contributed by atoms with Crippen molar-refractivity contribution in [3.8, 4) is 0 Å². The van der Waals surface area contributed by atoms with E-state index in [1.807, 2.05) is 0 Å². The molecule has 1 saturated carbocycles. The fourth-order valence-electron chi connectivity index (χ4n) is 2.36. The molecule has 4 nitrogen and oxygen atoms in total. The van der Waals surface area contributed by atoms with E-state index in [0.717, 1.165) is 6.42 Å². The smallest absolute Gasteiger partial charge is 0.309 e. The summed E-state index contributed by atoms with van der Waals surface area (Å²) in [5.74, 6) is -2.28. The molecule has 0 aromatic rings. The van der Waals surface area contributed by atoms with Gasteiger partial charge >= 0.3 is 11.9 Å². The third-order valence-corrected chi connectivity index (χ3v) is 3.14.